The van der Waals surface area contributed by atoms with Gasteiger partial charge in [-0.1, -0.05) is 6.42 Å². The van der Waals surface area contributed by atoms with Crippen molar-refractivity contribution in [2.45, 2.75) is 59.0 Å². The van der Waals surface area contributed by atoms with Gasteiger partial charge in [-0.2, -0.15) is 0 Å². The van der Waals surface area contributed by atoms with Crippen LogP contribution in [0.4, 0.5) is 11.5 Å². The Hall–Kier alpha value is -2.90. The Labute approximate surface area is 164 Å². The average Bonchev–Trinajstić information content (AvgIpc) is 2.98. The van der Waals surface area contributed by atoms with Crippen LogP contribution in [0.5, 0.6) is 0 Å². The molecule has 0 spiro atoms. The topological polar surface area (TPSA) is 107 Å². The van der Waals surface area contributed by atoms with Crippen molar-refractivity contribution in [2.24, 2.45) is 0 Å². The molecule has 0 aliphatic carbocycles. The summed E-state index contributed by atoms with van der Waals surface area (Å²) in [5.74, 6) is 1.34. The second-order valence-electron chi connectivity index (χ2n) is 7.94. The van der Waals surface area contributed by atoms with E-state index in [2.05, 4.69) is 20.5 Å². The number of nitrogen functional groups attached to an aromatic ring is 1. The summed E-state index contributed by atoms with van der Waals surface area (Å²) in [7, 11) is 0. The van der Waals surface area contributed by atoms with Gasteiger partial charge in [0.15, 0.2) is 5.82 Å². The van der Waals surface area contributed by atoms with Gasteiger partial charge in [0, 0.05) is 18.7 Å². The first-order valence-corrected chi connectivity index (χ1v) is 9.61. The van der Waals surface area contributed by atoms with Crippen molar-refractivity contribution >= 4 is 34.2 Å². The smallest absolute Gasteiger partial charge is 0.306 e. The third-order valence-corrected chi connectivity index (χ3v) is 4.28. The number of hydrogen-bond acceptors (Lipinski definition) is 7. The summed E-state index contributed by atoms with van der Waals surface area (Å²) in [5.41, 5.74) is 8.57. The summed E-state index contributed by atoms with van der Waals surface area (Å²) in [6.45, 7) is 8.29. The van der Waals surface area contributed by atoms with Gasteiger partial charge >= 0.3 is 5.97 Å². The second kappa shape index (κ2) is 8.00. The molecule has 0 aliphatic heterocycles. The molecular formula is C20H28N6O2. The first kappa shape index (κ1) is 19.9. The SMILES string of the molecule is Cc1nnc2c(NCCCCCC(=O)OC(C)(C)C)nc3cc(N)ccc3n12. The minimum absolute atomic E-state index is 0.144. The highest BCUT2D eigenvalue weighted by Crippen LogP contribution is 2.23. The third-order valence-electron chi connectivity index (χ3n) is 4.28. The molecule has 0 saturated carbocycles. The Kier molecular flexibility index (Phi) is 5.67. The van der Waals surface area contributed by atoms with Crippen molar-refractivity contribution in [3.8, 4) is 0 Å². The van der Waals surface area contributed by atoms with E-state index in [1.807, 2.05) is 50.3 Å². The number of benzene rings is 1. The molecule has 2 aromatic heterocycles. The molecule has 2 heterocycles. The van der Waals surface area contributed by atoms with Crippen LogP contribution in [-0.4, -0.2) is 37.7 Å². The van der Waals surface area contributed by atoms with E-state index >= 15 is 0 Å². The number of carbonyl (C=O) groups excluding carboxylic acids is 1. The van der Waals surface area contributed by atoms with Crippen LogP contribution in [0.25, 0.3) is 16.7 Å². The Bertz CT molecular complexity index is 990. The highest BCUT2D eigenvalue weighted by Gasteiger charge is 2.16. The van der Waals surface area contributed by atoms with Crippen LogP contribution in [0.15, 0.2) is 18.2 Å². The second-order valence-corrected chi connectivity index (χ2v) is 7.94. The van der Waals surface area contributed by atoms with Gasteiger partial charge in [-0.3, -0.25) is 9.20 Å². The number of carbonyl (C=O) groups is 1. The number of aryl methyl sites for hydroxylation is 1. The van der Waals surface area contributed by atoms with Crippen molar-refractivity contribution in [3.63, 3.8) is 0 Å². The number of unbranched alkanes of at least 4 members (excludes halogenated alkanes) is 2. The number of nitrogens with zero attached hydrogens (tertiary/aromatic N) is 4. The molecule has 0 aliphatic rings. The van der Waals surface area contributed by atoms with Crippen LogP contribution in [0, 0.1) is 6.92 Å². The lowest BCUT2D eigenvalue weighted by atomic mass is 10.1. The molecule has 150 valence electrons. The maximum atomic E-state index is 11.7. The zero-order chi connectivity index (χ0) is 20.3. The van der Waals surface area contributed by atoms with Crippen LogP contribution in [-0.2, 0) is 9.53 Å². The predicted octanol–water partition coefficient (Wildman–Crippen LogP) is 3.48. The molecule has 3 rings (SSSR count). The van der Waals surface area contributed by atoms with Gasteiger partial charge < -0.3 is 15.8 Å². The average molecular weight is 384 g/mol. The Balaban J connectivity index is 1.59. The maximum absolute atomic E-state index is 11.7. The molecule has 3 N–H and O–H groups in total. The van der Waals surface area contributed by atoms with Crippen LogP contribution in [0.3, 0.4) is 0 Å². The molecule has 0 bridgehead atoms. The monoisotopic (exact) mass is 384 g/mol. The fourth-order valence-corrected chi connectivity index (χ4v) is 3.08. The molecule has 3 aromatic rings. The van der Waals surface area contributed by atoms with Crippen molar-refractivity contribution in [1.29, 1.82) is 0 Å². The summed E-state index contributed by atoms with van der Waals surface area (Å²) in [6.07, 6.45) is 3.09. The molecule has 28 heavy (non-hydrogen) atoms. The minimum atomic E-state index is -0.425. The number of esters is 1. The summed E-state index contributed by atoms with van der Waals surface area (Å²) in [5, 5.41) is 11.8. The number of anilines is 2. The van der Waals surface area contributed by atoms with E-state index in [9.17, 15) is 4.79 Å². The van der Waals surface area contributed by atoms with E-state index < -0.39 is 5.60 Å². The quantitative estimate of drug-likeness (QED) is 0.365. The van der Waals surface area contributed by atoms with Gasteiger partial charge in [-0.05, 0) is 58.7 Å². The lowest BCUT2D eigenvalue weighted by molar-refractivity contribution is -0.154. The Morgan fingerprint density at radius 2 is 2.00 bits per heavy atom. The lowest BCUT2D eigenvalue weighted by Gasteiger charge is -2.19. The highest BCUT2D eigenvalue weighted by molar-refractivity contribution is 5.85. The fourth-order valence-electron chi connectivity index (χ4n) is 3.08. The Morgan fingerprint density at radius 1 is 1.21 bits per heavy atom. The normalized spacial score (nSPS) is 11.9. The molecule has 0 saturated heterocycles. The fraction of sp³-hybridized carbons (Fsp3) is 0.500. The molecule has 1 aromatic carbocycles. The van der Waals surface area contributed by atoms with Crippen LogP contribution in [0.2, 0.25) is 0 Å². The molecular weight excluding hydrogens is 356 g/mol. The summed E-state index contributed by atoms with van der Waals surface area (Å²) in [4.78, 5) is 16.4. The number of nitrogens with two attached hydrogens (primary N) is 1. The number of nitrogens with one attached hydrogen (secondary N) is 1. The highest BCUT2D eigenvalue weighted by atomic mass is 16.6. The minimum Gasteiger partial charge on any atom is -0.460 e. The van der Waals surface area contributed by atoms with E-state index in [0.29, 0.717) is 23.6 Å². The van der Waals surface area contributed by atoms with Gasteiger partial charge in [0.2, 0.25) is 5.65 Å². The predicted molar refractivity (Wildman–Crippen MR) is 110 cm³/mol. The molecule has 0 atom stereocenters. The van der Waals surface area contributed by atoms with E-state index in [0.717, 1.165) is 42.7 Å². The van der Waals surface area contributed by atoms with Crippen molar-refractivity contribution in [1.82, 2.24) is 19.6 Å². The molecule has 8 nitrogen and oxygen atoms in total. The maximum Gasteiger partial charge on any atom is 0.306 e. The van der Waals surface area contributed by atoms with Crippen molar-refractivity contribution in [3.05, 3.63) is 24.0 Å². The number of aromatic nitrogens is 4. The molecule has 0 amide bonds. The van der Waals surface area contributed by atoms with Gasteiger partial charge in [-0.25, -0.2) is 4.98 Å². The number of hydrogen-bond donors (Lipinski definition) is 2. The molecule has 0 unspecified atom stereocenters. The molecule has 0 radical (unpaired) electrons. The van der Waals surface area contributed by atoms with Gasteiger partial charge in [-0.15, -0.1) is 10.2 Å². The number of fused-ring (bicyclic) bond motifs is 3. The zero-order valence-corrected chi connectivity index (χ0v) is 17.0. The van der Waals surface area contributed by atoms with Crippen molar-refractivity contribution in [2.75, 3.05) is 17.6 Å². The molecule has 8 heteroatoms. The van der Waals surface area contributed by atoms with Gasteiger partial charge in [0.1, 0.15) is 11.4 Å². The number of rotatable bonds is 7. The zero-order valence-electron chi connectivity index (χ0n) is 17.0. The summed E-state index contributed by atoms with van der Waals surface area (Å²) >= 11 is 0. The first-order valence-electron chi connectivity index (χ1n) is 9.61. The molecule has 0 fully saturated rings. The van der Waals surface area contributed by atoms with Crippen LogP contribution >= 0.6 is 0 Å². The van der Waals surface area contributed by atoms with E-state index in [1.165, 1.54) is 0 Å². The largest absolute Gasteiger partial charge is 0.460 e. The van der Waals surface area contributed by atoms with Crippen LogP contribution in [0.1, 0.15) is 52.3 Å². The lowest BCUT2D eigenvalue weighted by Crippen LogP contribution is -2.23. The summed E-state index contributed by atoms with van der Waals surface area (Å²) in [6, 6.07) is 5.63. The first-order chi connectivity index (χ1) is 13.2. The van der Waals surface area contributed by atoms with Gasteiger partial charge in [0.25, 0.3) is 0 Å². The van der Waals surface area contributed by atoms with Crippen molar-refractivity contribution < 1.29 is 9.53 Å². The number of ether oxygens (including phenoxy) is 1. The summed E-state index contributed by atoms with van der Waals surface area (Å²) < 4.78 is 7.30. The third kappa shape index (κ3) is 4.68. The van der Waals surface area contributed by atoms with Crippen LogP contribution < -0.4 is 11.1 Å². The van der Waals surface area contributed by atoms with E-state index in [-0.39, 0.29) is 5.97 Å². The van der Waals surface area contributed by atoms with E-state index in [4.69, 9.17) is 10.5 Å². The van der Waals surface area contributed by atoms with E-state index in [1.54, 1.807) is 0 Å². The standard InChI is InChI=1S/C20H28N6O2/c1-13-24-25-19-18(23-15-12-14(21)9-10-16(15)26(13)19)22-11-7-5-6-8-17(27)28-20(2,3)4/h9-10,12H,5-8,11,21H2,1-4H3,(H,22,23). The van der Waals surface area contributed by atoms with Gasteiger partial charge in [0.05, 0.1) is 11.0 Å². The Morgan fingerprint density at radius 3 is 2.75 bits per heavy atom.